The first-order chi connectivity index (χ1) is 11.1. The maximum Gasteiger partial charge on any atom is 0.250 e. The van der Waals surface area contributed by atoms with Crippen LogP contribution in [-0.2, 0) is 11.3 Å². The summed E-state index contributed by atoms with van der Waals surface area (Å²) in [5.41, 5.74) is 0.781. The van der Waals surface area contributed by atoms with Crippen molar-refractivity contribution in [2.24, 2.45) is 0 Å². The van der Waals surface area contributed by atoms with E-state index in [2.05, 4.69) is 4.90 Å². The highest BCUT2D eigenvalue weighted by Gasteiger charge is 2.21. The lowest BCUT2D eigenvalue weighted by atomic mass is 10.2. The van der Waals surface area contributed by atoms with E-state index < -0.39 is 0 Å². The predicted octanol–water partition coefficient (Wildman–Crippen LogP) is 1.34. The van der Waals surface area contributed by atoms with Gasteiger partial charge in [-0.15, -0.1) is 0 Å². The quantitative estimate of drug-likeness (QED) is 0.858. The minimum Gasteiger partial charge on any atom is -0.368 e. The molecular weight excluding hydrogens is 297 g/mol. The van der Waals surface area contributed by atoms with Crippen molar-refractivity contribution >= 4 is 11.6 Å². The zero-order valence-electron chi connectivity index (χ0n) is 12.7. The minimum atomic E-state index is -0.254. The van der Waals surface area contributed by atoms with Crippen molar-refractivity contribution in [2.45, 2.75) is 6.54 Å². The number of amides is 1. The van der Waals surface area contributed by atoms with Crippen molar-refractivity contribution in [3.63, 3.8) is 0 Å². The van der Waals surface area contributed by atoms with Gasteiger partial charge in [0, 0.05) is 44.1 Å². The second-order valence-corrected chi connectivity index (χ2v) is 5.51. The number of anilines is 1. The van der Waals surface area contributed by atoms with E-state index in [1.54, 1.807) is 35.4 Å². The fraction of sp³-hybridized carbons (Fsp3) is 0.294. The van der Waals surface area contributed by atoms with Crippen LogP contribution in [0.3, 0.4) is 0 Å². The second kappa shape index (κ2) is 6.64. The Kier molecular flexibility index (Phi) is 4.41. The molecule has 1 fully saturated rings. The summed E-state index contributed by atoms with van der Waals surface area (Å²) in [6.07, 6.45) is 1.62. The number of benzene rings is 1. The molecule has 1 saturated heterocycles. The number of hydrogen-bond donors (Lipinski definition) is 0. The Morgan fingerprint density at radius 3 is 2.35 bits per heavy atom. The molecule has 1 aliphatic heterocycles. The largest absolute Gasteiger partial charge is 0.368 e. The summed E-state index contributed by atoms with van der Waals surface area (Å²) in [5, 5.41) is 0. The fourth-order valence-corrected chi connectivity index (χ4v) is 2.70. The van der Waals surface area contributed by atoms with Crippen LogP contribution in [0.15, 0.2) is 53.5 Å². The van der Waals surface area contributed by atoms with E-state index in [-0.39, 0.29) is 23.8 Å². The molecule has 2 aromatic rings. The number of aromatic nitrogens is 1. The van der Waals surface area contributed by atoms with E-state index in [4.69, 9.17) is 0 Å². The van der Waals surface area contributed by atoms with Crippen LogP contribution >= 0.6 is 0 Å². The number of carbonyl (C=O) groups excluding carboxylic acids is 1. The second-order valence-electron chi connectivity index (χ2n) is 5.51. The van der Waals surface area contributed by atoms with Crippen LogP contribution in [0, 0.1) is 5.82 Å². The Bertz CT molecular complexity index is 734. The van der Waals surface area contributed by atoms with Gasteiger partial charge in [-0.2, -0.15) is 0 Å². The van der Waals surface area contributed by atoms with Gasteiger partial charge < -0.3 is 14.4 Å². The SMILES string of the molecule is O=C(Cn1ccccc1=O)N1CCN(c2ccc(F)cc2)CC1. The average Bonchev–Trinajstić information content (AvgIpc) is 2.58. The van der Waals surface area contributed by atoms with E-state index in [0.717, 1.165) is 5.69 Å². The molecule has 0 unspecified atom stereocenters. The van der Waals surface area contributed by atoms with E-state index >= 15 is 0 Å². The van der Waals surface area contributed by atoms with Gasteiger partial charge in [0.25, 0.3) is 5.56 Å². The first kappa shape index (κ1) is 15.3. The molecule has 120 valence electrons. The minimum absolute atomic E-state index is 0.0583. The topological polar surface area (TPSA) is 45.6 Å². The standard InChI is InChI=1S/C17H18FN3O2/c18-14-4-6-15(7-5-14)19-9-11-20(12-10-19)17(23)13-21-8-2-1-3-16(21)22/h1-8H,9-13H2. The number of carbonyl (C=O) groups is 1. The van der Waals surface area contributed by atoms with Crippen LogP contribution < -0.4 is 10.5 Å². The summed E-state index contributed by atoms with van der Waals surface area (Å²) in [6, 6.07) is 11.2. The molecule has 0 N–H and O–H groups in total. The van der Waals surface area contributed by atoms with Crippen molar-refractivity contribution in [1.82, 2.24) is 9.47 Å². The Morgan fingerprint density at radius 1 is 1.00 bits per heavy atom. The molecule has 3 rings (SSSR count). The molecule has 0 radical (unpaired) electrons. The van der Waals surface area contributed by atoms with Gasteiger partial charge >= 0.3 is 0 Å². The van der Waals surface area contributed by atoms with Crippen molar-refractivity contribution < 1.29 is 9.18 Å². The van der Waals surface area contributed by atoms with Gasteiger partial charge in [0.05, 0.1) is 0 Å². The Hall–Kier alpha value is -2.63. The lowest BCUT2D eigenvalue weighted by molar-refractivity contribution is -0.132. The highest BCUT2D eigenvalue weighted by molar-refractivity contribution is 5.76. The Morgan fingerprint density at radius 2 is 1.70 bits per heavy atom. The van der Waals surface area contributed by atoms with Gasteiger partial charge in [0.15, 0.2) is 0 Å². The molecule has 6 heteroatoms. The molecule has 0 atom stereocenters. The molecule has 1 aliphatic rings. The normalized spacial score (nSPS) is 14.8. The van der Waals surface area contributed by atoms with Crippen molar-refractivity contribution in [1.29, 1.82) is 0 Å². The summed E-state index contributed by atoms with van der Waals surface area (Å²) >= 11 is 0. The van der Waals surface area contributed by atoms with Crippen LogP contribution in [0.2, 0.25) is 0 Å². The zero-order valence-corrected chi connectivity index (χ0v) is 12.7. The fourth-order valence-electron chi connectivity index (χ4n) is 2.70. The molecule has 5 nitrogen and oxygen atoms in total. The lowest BCUT2D eigenvalue weighted by Gasteiger charge is -2.36. The molecule has 0 bridgehead atoms. The molecule has 0 saturated carbocycles. The number of hydrogen-bond acceptors (Lipinski definition) is 3. The van der Waals surface area contributed by atoms with Crippen molar-refractivity contribution in [3.8, 4) is 0 Å². The number of nitrogens with zero attached hydrogens (tertiary/aromatic N) is 3. The van der Waals surface area contributed by atoms with Crippen molar-refractivity contribution in [2.75, 3.05) is 31.1 Å². The maximum atomic E-state index is 13.0. The smallest absolute Gasteiger partial charge is 0.250 e. The van der Waals surface area contributed by atoms with Gasteiger partial charge in [-0.1, -0.05) is 6.07 Å². The average molecular weight is 315 g/mol. The summed E-state index contributed by atoms with van der Waals surface area (Å²) in [4.78, 5) is 27.8. The number of pyridine rings is 1. The van der Waals surface area contributed by atoms with E-state index in [1.165, 1.54) is 22.8 Å². The van der Waals surface area contributed by atoms with Gasteiger partial charge in [0.1, 0.15) is 12.4 Å². The molecular formula is C17H18FN3O2. The number of halogens is 1. The summed E-state index contributed by atoms with van der Waals surface area (Å²) in [5.74, 6) is -0.312. The van der Waals surface area contributed by atoms with Crippen LogP contribution in [0.4, 0.5) is 10.1 Å². The molecule has 0 aliphatic carbocycles. The van der Waals surface area contributed by atoms with Crippen LogP contribution in [0.1, 0.15) is 0 Å². The highest BCUT2D eigenvalue weighted by atomic mass is 19.1. The maximum absolute atomic E-state index is 13.0. The monoisotopic (exact) mass is 315 g/mol. The zero-order chi connectivity index (χ0) is 16.2. The first-order valence-electron chi connectivity index (χ1n) is 7.57. The van der Waals surface area contributed by atoms with E-state index in [1.807, 2.05) is 0 Å². The molecule has 23 heavy (non-hydrogen) atoms. The van der Waals surface area contributed by atoms with Crippen LogP contribution in [-0.4, -0.2) is 41.6 Å². The first-order valence-corrected chi connectivity index (χ1v) is 7.57. The van der Waals surface area contributed by atoms with Gasteiger partial charge in [-0.3, -0.25) is 9.59 Å². The van der Waals surface area contributed by atoms with E-state index in [9.17, 15) is 14.0 Å². The van der Waals surface area contributed by atoms with Gasteiger partial charge in [0.2, 0.25) is 5.91 Å². The van der Waals surface area contributed by atoms with Crippen molar-refractivity contribution in [3.05, 3.63) is 64.8 Å². The van der Waals surface area contributed by atoms with Gasteiger partial charge in [-0.25, -0.2) is 4.39 Å². The van der Waals surface area contributed by atoms with Crippen LogP contribution in [0.5, 0.6) is 0 Å². The van der Waals surface area contributed by atoms with E-state index in [0.29, 0.717) is 26.2 Å². The van der Waals surface area contributed by atoms with Gasteiger partial charge in [-0.05, 0) is 30.3 Å². The molecule has 1 aromatic carbocycles. The third kappa shape index (κ3) is 3.59. The third-order valence-corrected chi connectivity index (χ3v) is 4.03. The third-order valence-electron chi connectivity index (χ3n) is 4.03. The number of rotatable bonds is 3. The lowest BCUT2D eigenvalue weighted by Crippen LogP contribution is -2.50. The predicted molar refractivity (Wildman–Crippen MR) is 85.9 cm³/mol. The molecule has 1 aromatic heterocycles. The summed E-state index contributed by atoms with van der Waals surface area (Å²) < 4.78 is 14.4. The summed E-state index contributed by atoms with van der Waals surface area (Å²) in [7, 11) is 0. The van der Waals surface area contributed by atoms with Crippen LogP contribution in [0.25, 0.3) is 0 Å². The summed E-state index contributed by atoms with van der Waals surface area (Å²) in [6.45, 7) is 2.65. The number of piperazine rings is 1. The Balaban J connectivity index is 1.58. The molecule has 2 heterocycles. The Labute approximate surface area is 133 Å². The molecule has 0 spiro atoms. The molecule has 1 amide bonds. The highest BCUT2D eigenvalue weighted by Crippen LogP contribution is 2.17.